The van der Waals surface area contributed by atoms with Gasteiger partial charge < -0.3 is 15.0 Å². The fourth-order valence-corrected chi connectivity index (χ4v) is 3.52. The van der Waals surface area contributed by atoms with Crippen LogP contribution in [0.25, 0.3) is 0 Å². The standard InChI is InChI=1S/C20H28F2N2O2/c1-19(2,3)26-18(25)24-10-7-14(23-20(4)8-9-20)12-17(24)15-11-13(21)5-6-16(15)22/h5-6,11,14,17,23H,7-10,12H2,1-4H3/t14-,17+/m1/s1. The molecule has 0 radical (unpaired) electrons. The van der Waals surface area contributed by atoms with Crippen LogP contribution in [-0.2, 0) is 4.74 Å². The molecule has 0 aromatic heterocycles. The molecule has 6 heteroatoms. The van der Waals surface area contributed by atoms with Crippen molar-refractivity contribution in [1.82, 2.24) is 10.2 Å². The van der Waals surface area contributed by atoms with E-state index in [0.29, 0.717) is 13.0 Å². The number of halogens is 2. The molecule has 1 amide bonds. The van der Waals surface area contributed by atoms with Gasteiger partial charge >= 0.3 is 6.09 Å². The Bertz CT molecular complexity index is 683. The van der Waals surface area contributed by atoms with E-state index >= 15 is 0 Å². The second-order valence-electron chi connectivity index (χ2n) is 8.78. The van der Waals surface area contributed by atoms with E-state index in [2.05, 4.69) is 12.2 Å². The number of hydrogen-bond donors (Lipinski definition) is 1. The highest BCUT2D eigenvalue weighted by atomic mass is 19.1. The zero-order chi connectivity index (χ0) is 19.1. The summed E-state index contributed by atoms with van der Waals surface area (Å²) in [6.07, 6.45) is 3.07. The third kappa shape index (κ3) is 4.53. The molecule has 0 bridgehead atoms. The third-order valence-electron chi connectivity index (χ3n) is 5.10. The van der Waals surface area contributed by atoms with Crippen LogP contribution < -0.4 is 5.32 Å². The summed E-state index contributed by atoms with van der Waals surface area (Å²) >= 11 is 0. The van der Waals surface area contributed by atoms with Crippen LogP contribution in [0.5, 0.6) is 0 Å². The number of amides is 1. The van der Waals surface area contributed by atoms with Crippen molar-refractivity contribution in [3.8, 4) is 0 Å². The molecular formula is C20H28F2N2O2. The van der Waals surface area contributed by atoms with Crippen LogP contribution in [0.15, 0.2) is 18.2 Å². The molecule has 1 aliphatic carbocycles. The highest BCUT2D eigenvalue weighted by molar-refractivity contribution is 5.69. The lowest BCUT2D eigenvalue weighted by Crippen LogP contribution is -2.50. The fraction of sp³-hybridized carbons (Fsp3) is 0.650. The van der Waals surface area contributed by atoms with Crippen molar-refractivity contribution in [2.24, 2.45) is 0 Å². The molecule has 1 saturated carbocycles. The Morgan fingerprint density at radius 1 is 1.31 bits per heavy atom. The van der Waals surface area contributed by atoms with E-state index in [1.165, 1.54) is 11.0 Å². The van der Waals surface area contributed by atoms with Crippen LogP contribution in [0.3, 0.4) is 0 Å². The van der Waals surface area contributed by atoms with Crippen molar-refractivity contribution in [3.05, 3.63) is 35.4 Å². The molecule has 1 aromatic carbocycles. The number of hydrogen-bond acceptors (Lipinski definition) is 3. The summed E-state index contributed by atoms with van der Waals surface area (Å²) < 4.78 is 33.7. The topological polar surface area (TPSA) is 41.6 Å². The minimum Gasteiger partial charge on any atom is -0.444 e. The summed E-state index contributed by atoms with van der Waals surface area (Å²) in [4.78, 5) is 14.2. The van der Waals surface area contributed by atoms with E-state index < -0.39 is 29.4 Å². The number of ether oxygens (including phenoxy) is 1. The monoisotopic (exact) mass is 366 g/mol. The first-order valence-electron chi connectivity index (χ1n) is 9.29. The number of piperidine rings is 1. The van der Waals surface area contributed by atoms with Gasteiger partial charge in [-0.05, 0) is 71.6 Å². The molecule has 1 heterocycles. The maximum atomic E-state index is 14.4. The minimum absolute atomic E-state index is 0.143. The largest absolute Gasteiger partial charge is 0.444 e. The van der Waals surface area contributed by atoms with Crippen LogP contribution in [0, 0.1) is 11.6 Å². The van der Waals surface area contributed by atoms with Crippen LogP contribution in [-0.4, -0.2) is 34.7 Å². The smallest absolute Gasteiger partial charge is 0.410 e. The van der Waals surface area contributed by atoms with Gasteiger partial charge in [0.25, 0.3) is 0 Å². The van der Waals surface area contributed by atoms with Crippen LogP contribution >= 0.6 is 0 Å². The van der Waals surface area contributed by atoms with E-state index in [-0.39, 0.29) is 17.1 Å². The molecule has 2 atom stereocenters. The molecule has 2 aliphatic rings. The molecule has 1 saturated heterocycles. The lowest BCUT2D eigenvalue weighted by molar-refractivity contribution is 0.00566. The molecule has 26 heavy (non-hydrogen) atoms. The number of likely N-dealkylation sites (tertiary alicyclic amines) is 1. The van der Waals surface area contributed by atoms with Crippen LogP contribution in [0.2, 0.25) is 0 Å². The summed E-state index contributed by atoms with van der Waals surface area (Å²) in [5.41, 5.74) is -0.286. The Hall–Kier alpha value is -1.69. The van der Waals surface area contributed by atoms with Gasteiger partial charge in [-0.25, -0.2) is 13.6 Å². The van der Waals surface area contributed by atoms with E-state index in [4.69, 9.17) is 4.74 Å². The Morgan fingerprint density at radius 2 is 2.00 bits per heavy atom. The predicted octanol–water partition coefficient (Wildman–Crippen LogP) is 4.55. The van der Waals surface area contributed by atoms with Gasteiger partial charge in [-0.2, -0.15) is 0 Å². The number of nitrogens with one attached hydrogen (secondary N) is 1. The molecular weight excluding hydrogens is 338 g/mol. The number of benzene rings is 1. The molecule has 1 aromatic rings. The lowest BCUT2D eigenvalue weighted by atomic mass is 9.91. The average molecular weight is 366 g/mol. The van der Waals surface area contributed by atoms with Crippen molar-refractivity contribution in [2.45, 2.75) is 76.6 Å². The molecule has 0 unspecified atom stereocenters. The first-order chi connectivity index (χ1) is 12.1. The second-order valence-corrected chi connectivity index (χ2v) is 8.78. The van der Waals surface area contributed by atoms with E-state index in [9.17, 15) is 13.6 Å². The van der Waals surface area contributed by atoms with Gasteiger partial charge in [-0.1, -0.05) is 0 Å². The summed E-state index contributed by atoms with van der Waals surface area (Å²) in [6.45, 7) is 8.01. The molecule has 1 aliphatic heterocycles. The van der Waals surface area contributed by atoms with Gasteiger partial charge in [0.05, 0.1) is 6.04 Å². The normalized spacial score (nSPS) is 25.1. The molecule has 3 rings (SSSR count). The zero-order valence-electron chi connectivity index (χ0n) is 15.9. The van der Waals surface area contributed by atoms with Gasteiger partial charge in [0.15, 0.2) is 0 Å². The van der Waals surface area contributed by atoms with Crippen LogP contribution in [0.4, 0.5) is 13.6 Å². The number of nitrogens with zero attached hydrogens (tertiary/aromatic N) is 1. The fourth-order valence-electron chi connectivity index (χ4n) is 3.52. The Kier molecular flexibility index (Phi) is 4.99. The molecule has 0 spiro atoms. The van der Waals surface area contributed by atoms with E-state index in [1.807, 2.05) is 0 Å². The van der Waals surface area contributed by atoms with Crippen molar-refractivity contribution >= 4 is 6.09 Å². The van der Waals surface area contributed by atoms with Crippen molar-refractivity contribution in [3.63, 3.8) is 0 Å². The second kappa shape index (κ2) is 6.80. The zero-order valence-corrected chi connectivity index (χ0v) is 15.9. The first kappa shape index (κ1) is 19.1. The van der Waals surface area contributed by atoms with Gasteiger partial charge in [0.2, 0.25) is 0 Å². The van der Waals surface area contributed by atoms with Gasteiger partial charge in [0, 0.05) is 23.7 Å². The average Bonchev–Trinajstić information content (AvgIpc) is 3.25. The Labute approximate surface area is 153 Å². The number of rotatable bonds is 3. The Morgan fingerprint density at radius 3 is 2.62 bits per heavy atom. The summed E-state index contributed by atoms with van der Waals surface area (Å²) in [5, 5.41) is 3.62. The van der Waals surface area contributed by atoms with Gasteiger partial charge in [0.1, 0.15) is 17.2 Å². The first-order valence-corrected chi connectivity index (χ1v) is 9.29. The maximum absolute atomic E-state index is 14.4. The number of carbonyl (C=O) groups excluding carboxylic acids is 1. The third-order valence-corrected chi connectivity index (χ3v) is 5.10. The summed E-state index contributed by atoms with van der Waals surface area (Å²) in [6, 6.07) is 3.03. The van der Waals surface area contributed by atoms with Gasteiger partial charge in [-0.3, -0.25) is 0 Å². The highest BCUT2D eigenvalue weighted by Crippen LogP contribution is 2.39. The lowest BCUT2D eigenvalue weighted by Gasteiger charge is -2.41. The molecule has 4 nitrogen and oxygen atoms in total. The summed E-state index contributed by atoms with van der Waals surface area (Å²) in [7, 11) is 0. The maximum Gasteiger partial charge on any atom is 0.410 e. The predicted molar refractivity (Wildman–Crippen MR) is 95.8 cm³/mol. The quantitative estimate of drug-likeness (QED) is 0.853. The van der Waals surface area contributed by atoms with E-state index in [0.717, 1.165) is 31.4 Å². The van der Waals surface area contributed by atoms with Crippen molar-refractivity contribution in [1.29, 1.82) is 0 Å². The highest BCUT2D eigenvalue weighted by Gasteiger charge is 2.42. The molecule has 2 fully saturated rings. The van der Waals surface area contributed by atoms with E-state index in [1.54, 1.807) is 20.8 Å². The minimum atomic E-state index is -0.640. The van der Waals surface area contributed by atoms with Crippen molar-refractivity contribution < 1.29 is 18.3 Å². The number of carbonyl (C=O) groups is 1. The van der Waals surface area contributed by atoms with Gasteiger partial charge in [-0.15, -0.1) is 0 Å². The van der Waals surface area contributed by atoms with Crippen LogP contribution in [0.1, 0.15) is 65.0 Å². The SMILES string of the molecule is CC1(N[C@@H]2CCN(C(=O)OC(C)(C)C)[C@H](c3cc(F)ccc3F)C2)CC1. The van der Waals surface area contributed by atoms with Crippen molar-refractivity contribution in [2.75, 3.05) is 6.54 Å². The molecule has 1 N–H and O–H groups in total. The Balaban J connectivity index is 1.85. The summed E-state index contributed by atoms with van der Waals surface area (Å²) in [5.74, 6) is -1.00. The molecule has 144 valence electrons.